The summed E-state index contributed by atoms with van der Waals surface area (Å²) in [5.41, 5.74) is 0.896. The van der Waals surface area contributed by atoms with Gasteiger partial charge in [-0.05, 0) is 11.6 Å². The van der Waals surface area contributed by atoms with Gasteiger partial charge in [0.05, 0.1) is 4.91 Å². The summed E-state index contributed by atoms with van der Waals surface area (Å²) in [6.45, 7) is 0. The molecule has 0 saturated carbocycles. The Kier molecular flexibility index (Phi) is 3.89. The smallest absolute Gasteiger partial charge is 0.172 e. The van der Waals surface area contributed by atoms with E-state index in [1.165, 1.54) is 6.26 Å². The van der Waals surface area contributed by atoms with Gasteiger partial charge in [-0.2, -0.15) is 0 Å². The minimum atomic E-state index is -3.10. The molecule has 1 aromatic rings. The molecule has 0 fully saturated rings. The second kappa shape index (κ2) is 4.75. The molecule has 0 spiro atoms. The van der Waals surface area contributed by atoms with Crippen molar-refractivity contribution in [2.75, 3.05) is 11.6 Å². The van der Waals surface area contributed by atoms with Crippen molar-refractivity contribution in [3.8, 4) is 0 Å². The van der Waals surface area contributed by atoms with Crippen LogP contribution >= 0.6 is 15.9 Å². The highest BCUT2D eigenvalue weighted by Gasteiger charge is 2.08. The summed E-state index contributed by atoms with van der Waals surface area (Å²) in [7, 11) is -3.10. The maximum absolute atomic E-state index is 11.3. The second-order valence-corrected chi connectivity index (χ2v) is 5.56. The molecule has 0 aliphatic carbocycles. The topological polar surface area (TPSA) is 34.1 Å². The molecule has 4 heteroatoms. The Labute approximate surface area is 92.7 Å². The molecule has 0 atom stereocenters. The molecule has 1 rings (SSSR count). The van der Waals surface area contributed by atoms with Gasteiger partial charge >= 0.3 is 0 Å². The summed E-state index contributed by atoms with van der Waals surface area (Å²) in [6, 6.07) is 9.38. The Bertz CT molecular complexity index is 421. The highest BCUT2D eigenvalue weighted by atomic mass is 79.9. The van der Waals surface area contributed by atoms with Crippen LogP contribution < -0.4 is 0 Å². The third-order valence-corrected chi connectivity index (χ3v) is 3.93. The van der Waals surface area contributed by atoms with Gasteiger partial charge in [-0.3, -0.25) is 0 Å². The summed E-state index contributed by atoms with van der Waals surface area (Å²) in [4.78, 5) is 0.392. The Morgan fingerprint density at radius 3 is 2.36 bits per heavy atom. The summed E-state index contributed by atoms with van der Waals surface area (Å²) in [5, 5.41) is 0.348. The van der Waals surface area contributed by atoms with E-state index in [-0.39, 0.29) is 0 Å². The third kappa shape index (κ3) is 3.27. The number of rotatable bonds is 3. The molecule has 76 valence electrons. The van der Waals surface area contributed by atoms with Crippen molar-refractivity contribution in [3.63, 3.8) is 0 Å². The quantitative estimate of drug-likeness (QED) is 0.794. The molecule has 0 amide bonds. The Hall–Kier alpha value is -0.610. The zero-order valence-electron chi connectivity index (χ0n) is 7.77. The monoisotopic (exact) mass is 274 g/mol. The van der Waals surface area contributed by atoms with Gasteiger partial charge in [0.2, 0.25) is 0 Å². The Balaban J connectivity index is 3.09. The number of benzene rings is 1. The number of hydrogen-bond donors (Lipinski definition) is 0. The number of halogens is 1. The van der Waals surface area contributed by atoms with Crippen LogP contribution in [0.15, 0.2) is 35.2 Å². The van der Waals surface area contributed by atoms with E-state index >= 15 is 0 Å². The lowest BCUT2D eigenvalue weighted by Gasteiger charge is -2.00. The van der Waals surface area contributed by atoms with Crippen LogP contribution in [0, 0.1) is 0 Å². The number of alkyl halides is 1. The fraction of sp³-hybridized carbons (Fsp3) is 0.200. The van der Waals surface area contributed by atoms with E-state index in [0.29, 0.717) is 10.2 Å². The first-order chi connectivity index (χ1) is 6.54. The van der Waals surface area contributed by atoms with Crippen LogP contribution in [0.25, 0.3) is 6.08 Å². The SMILES string of the molecule is CS(=O)(=O)/C(=C/c1ccccc1)CBr. The Morgan fingerprint density at radius 1 is 1.36 bits per heavy atom. The van der Waals surface area contributed by atoms with E-state index < -0.39 is 9.84 Å². The predicted molar refractivity (Wildman–Crippen MR) is 63.1 cm³/mol. The number of hydrogen-bond acceptors (Lipinski definition) is 2. The van der Waals surface area contributed by atoms with Gasteiger partial charge < -0.3 is 0 Å². The van der Waals surface area contributed by atoms with Crippen molar-refractivity contribution in [2.24, 2.45) is 0 Å². The molecule has 0 unspecified atom stereocenters. The molecule has 0 bridgehead atoms. The fourth-order valence-corrected chi connectivity index (χ4v) is 2.94. The van der Waals surface area contributed by atoms with Crippen LogP contribution in [0.1, 0.15) is 5.56 Å². The molecule has 1 aromatic carbocycles. The molecule has 0 N–H and O–H groups in total. The number of sulfone groups is 1. The minimum Gasteiger partial charge on any atom is -0.224 e. The molecule has 0 heterocycles. The lowest BCUT2D eigenvalue weighted by atomic mass is 10.2. The number of allylic oxidation sites excluding steroid dienone is 1. The summed E-state index contributed by atoms with van der Waals surface area (Å²) >= 11 is 3.16. The van der Waals surface area contributed by atoms with Crippen molar-refractivity contribution >= 4 is 31.8 Å². The molecular formula is C10H11BrO2S. The van der Waals surface area contributed by atoms with Crippen LogP contribution in [0.5, 0.6) is 0 Å². The predicted octanol–water partition coefficient (Wildman–Crippen LogP) is 2.47. The first kappa shape index (κ1) is 11.5. The maximum Gasteiger partial charge on any atom is 0.172 e. The van der Waals surface area contributed by atoms with E-state index in [2.05, 4.69) is 15.9 Å². The molecule has 0 saturated heterocycles. The van der Waals surface area contributed by atoms with Crippen molar-refractivity contribution < 1.29 is 8.42 Å². The normalized spacial score (nSPS) is 12.9. The average Bonchev–Trinajstić information content (AvgIpc) is 2.14. The van der Waals surface area contributed by atoms with E-state index in [1.807, 2.05) is 30.3 Å². The van der Waals surface area contributed by atoms with E-state index in [4.69, 9.17) is 0 Å². The van der Waals surface area contributed by atoms with Crippen molar-refractivity contribution in [1.29, 1.82) is 0 Å². The molecular weight excluding hydrogens is 264 g/mol. The summed E-state index contributed by atoms with van der Waals surface area (Å²) in [5.74, 6) is 0. The third-order valence-electron chi connectivity index (χ3n) is 1.74. The lowest BCUT2D eigenvalue weighted by molar-refractivity contribution is 0.608. The Morgan fingerprint density at radius 2 is 1.93 bits per heavy atom. The second-order valence-electron chi connectivity index (χ2n) is 2.93. The molecule has 0 aliphatic heterocycles. The van der Waals surface area contributed by atoms with Crippen molar-refractivity contribution in [2.45, 2.75) is 0 Å². The molecule has 2 nitrogen and oxygen atoms in total. The standard InChI is InChI=1S/C10H11BrO2S/c1-14(12,13)10(8-11)7-9-5-3-2-4-6-9/h2-7H,8H2,1H3/b10-7+. The molecule has 0 aliphatic rings. The van der Waals surface area contributed by atoms with Crippen molar-refractivity contribution in [3.05, 3.63) is 40.8 Å². The van der Waals surface area contributed by atoms with Crippen LogP contribution in [0.4, 0.5) is 0 Å². The van der Waals surface area contributed by atoms with E-state index in [1.54, 1.807) is 6.08 Å². The van der Waals surface area contributed by atoms with Gasteiger partial charge in [0.25, 0.3) is 0 Å². The van der Waals surface area contributed by atoms with Crippen LogP contribution in [-0.2, 0) is 9.84 Å². The molecule has 0 radical (unpaired) electrons. The van der Waals surface area contributed by atoms with Gasteiger partial charge in [-0.1, -0.05) is 46.3 Å². The highest BCUT2D eigenvalue weighted by Crippen LogP contribution is 2.13. The minimum absolute atomic E-state index is 0.348. The van der Waals surface area contributed by atoms with Gasteiger partial charge in [-0.25, -0.2) is 8.42 Å². The van der Waals surface area contributed by atoms with Crippen LogP contribution in [0.3, 0.4) is 0 Å². The van der Waals surface area contributed by atoms with E-state index in [0.717, 1.165) is 5.56 Å². The summed E-state index contributed by atoms with van der Waals surface area (Å²) < 4.78 is 22.5. The maximum atomic E-state index is 11.3. The van der Waals surface area contributed by atoms with Gasteiger partial charge in [0, 0.05) is 11.6 Å². The zero-order valence-corrected chi connectivity index (χ0v) is 10.2. The fourth-order valence-electron chi connectivity index (χ4n) is 0.980. The summed E-state index contributed by atoms with van der Waals surface area (Å²) in [6.07, 6.45) is 2.88. The largest absolute Gasteiger partial charge is 0.224 e. The van der Waals surface area contributed by atoms with Crippen LogP contribution in [0.2, 0.25) is 0 Å². The van der Waals surface area contributed by atoms with Gasteiger partial charge in [-0.15, -0.1) is 0 Å². The highest BCUT2D eigenvalue weighted by molar-refractivity contribution is 9.09. The average molecular weight is 275 g/mol. The molecule has 14 heavy (non-hydrogen) atoms. The van der Waals surface area contributed by atoms with Crippen molar-refractivity contribution in [1.82, 2.24) is 0 Å². The lowest BCUT2D eigenvalue weighted by Crippen LogP contribution is -2.01. The van der Waals surface area contributed by atoms with E-state index in [9.17, 15) is 8.42 Å². The first-order valence-electron chi connectivity index (χ1n) is 4.05. The molecule has 0 aromatic heterocycles. The first-order valence-corrected chi connectivity index (χ1v) is 7.07. The zero-order chi connectivity index (χ0) is 10.6. The van der Waals surface area contributed by atoms with Gasteiger partial charge in [0.15, 0.2) is 9.84 Å². The van der Waals surface area contributed by atoms with Gasteiger partial charge in [0.1, 0.15) is 0 Å². The van der Waals surface area contributed by atoms with Crippen LogP contribution in [-0.4, -0.2) is 20.0 Å².